The number of benzene rings is 1. The molecular weight excluding hydrogens is 298 g/mol. The first-order valence-corrected chi connectivity index (χ1v) is 7.40. The van der Waals surface area contributed by atoms with Crippen molar-refractivity contribution < 1.29 is 14.1 Å². The first-order valence-electron chi connectivity index (χ1n) is 7.40. The molecule has 1 aromatic carbocycles. The molecule has 1 aromatic heterocycles. The zero-order valence-corrected chi connectivity index (χ0v) is 12.6. The number of hydrogen-bond acceptors (Lipinski definition) is 5. The third-order valence-corrected chi connectivity index (χ3v) is 3.98. The molecule has 0 saturated carbocycles. The fourth-order valence-corrected chi connectivity index (χ4v) is 2.66. The van der Waals surface area contributed by atoms with Crippen LogP contribution in [0.4, 0.5) is 5.69 Å². The Bertz CT molecular complexity index is 674. The number of carbonyl (C=O) groups is 1. The molecule has 0 spiro atoms. The summed E-state index contributed by atoms with van der Waals surface area (Å²) in [5, 5.41) is 10.7. The molecule has 1 amide bonds. The van der Waals surface area contributed by atoms with Crippen molar-refractivity contribution >= 4 is 11.6 Å². The highest BCUT2D eigenvalue weighted by Gasteiger charge is 2.22. The van der Waals surface area contributed by atoms with Crippen LogP contribution in [0.5, 0.6) is 0 Å². The van der Waals surface area contributed by atoms with E-state index in [0.717, 1.165) is 25.2 Å². The van der Waals surface area contributed by atoms with Crippen molar-refractivity contribution in [2.75, 3.05) is 26.2 Å². The van der Waals surface area contributed by atoms with Gasteiger partial charge >= 0.3 is 0 Å². The summed E-state index contributed by atoms with van der Waals surface area (Å²) in [5.74, 6) is -0.00580. The summed E-state index contributed by atoms with van der Waals surface area (Å²) in [5.41, 5.74) is 1.71. The molecule has 0 radical (unpaired) electrons. The van der Waals surface area contributed by atoms with Gasteiger partial charge in [0.2, 0.25) is 0 Å². The molecule has 1 fully saturated rings. The maximum atomic E-state index is 12.2. The average molecular weight is 315 g/mol. The van der Waals surface area contributed by atoms with E-state index in [2.05, 4.69) is 4.90 Å². The second kappa shape index (κ2) is 6.62. The minimum Gasteiger partial charge on any atom is -0.472 e. The van der Waals surface area contributed by atoms with E-state index in [9.17, 15) is 14.9 Å². The van der Waals surface area contributed by atoms with Gasteiger partial charge in [0.25, 0.3) is 11.6 Å². The van der Waals surface area contributed by atoms with E-state index < -0.39 is 4.92 Å². The molecule has 1 aliphatic heterocycles. The van der Waals surface area contributed by atoms with Gasteiger partial charge in [0.15, 0.2) is 0 Å². The van der Waals surface area contributed by atoms with Gasteiger partial charge < -0.3 is 9.32 Å². The molecule has 2 aromatic rings. The largest absolute Gasteiger partial charge is 0.472 e. The van der Waals surface area contributed by atoms with Crippen molar-refractivity contribution in [1.29, 1.82) is 0 Å². The molecule has 120 valence electrons. The summed E-state index contributed by atoms with van der Waals surface area (Å²) in [6, 6.07) is 8.27. The Hall–Kier alpha value is -2.67. The Morgan fingerprint density at radius 2 is 1.83 bits per heavy atom. The predicted molar refractivity (Wildman–Crippen MR) is 83.0 cm³/mol. The van der Waals surface area contributed by atoms with E-state index >= 15 is 0 Å². The monoisotopic (exact) mass is 315 g/mol. The lowest BCUT2D eigenvalue weighted by Crippen LogP contribution is -2.48. The first-order chi connectivity index (χ1) is 11.1. The van der Waals surface area contributed by atoms with Crippen molar-refractivity contribution in [3.05, 3.63) is 64.1 Å². The number of non-ortho nitro benzene ring substituents is 1. The van der Waals surface area contributed by atoms with Gasteiger partial charge in [-0.2, -0.15) is 0 Å². The normalized spacial score (nSPS) is 15.6. The van der Waals surface area contributed by atoms with Crippen LogP contribution in [0.1, 0.15) is 15.9 Å². The van der Waals surface area contributed by atoms with Gasteiger partial charge in [-0.3, -0.25) is 19.8 Å². The Morgan fingerprint density at radius 1 is 1.13 bits per heavy atom. The number of nitro groups is 1. The number of furan rings is 1. The van der Waals surface area contributed by atoms with Crippen LogP contribution in [-0.2, 0) is 6.54 Å². The van der Waals surface area contributed by atoms with E-state index in [1.54, 1.807) is 18.2 Å². The first kappa shape index (κ1) is 15.2. The fraction of sp³-hybridized carbons (Fsp3) is 0.312. The molecule has 0 bridgehead atoms. The molecule has 23 heavy (non-hydrogen) atoms. The van der Waals surface area contributed by atoms with E-state index in [0.29, 0.717) is 18.7 Å². The predicted octanol–water partition coefficient (Wildman–Crippen LogP) is 2.15. The highest BCUT2D eigenvalue weighted by Crippen LogP contribution is 2.15. The van der Waals surface area contributed by atoms with Gasteiger partial charge in [0.05, 0.1) is 16.7 Å². The van der Waals surface area contributed by atoms with Crippen LogP contribution in [0.2, 0.25) is 0 Å². The van der Waals surface area contributed by atoms with E-state index in [-0.39, 0.29) is 11.6 Å². The van der Waals surface area contributed by atoms with Gasteiger partial charge in [-0.15, -0.1) is 0 Å². The lowest BCUT2D eigenvalue weighted by atomic mass is 10.1. The second-order valence-corrected chi connectivity index (χ2v) is 5.50. The standard InChI is InChI=1S/C16H17N3O4/c20-16(14-5-10-23-12-14)18-8-6-17(7-9-18)11-13-1-3-15(4-2-13)19(21)22/h1-5,10,12H,6-9,11H2. The van der Waals surface area contributed by atoms with Gasteiger partial charge in [-0.1, -0.05) is 12.1 Å². The van der Waals surface area contributed by atoms with E-state index in [1.807, 2.05) is 4.90 Å². The SMILES string of the molecule is O=C(c1ccoc1)N1CCN(Cc2ccc([N+](=O)[O-])cc2)CC1. The van der Waals surface area contributed by atoms with Gasteiger partial charge in [-0.25, -0.2) is 0 Å². The molecule has 0 unspecified atom stereocenters. The number of rotatable bonds is 4. The van der Waals surface area contributed by atoms with Gasteiger partial charge in [-0.05, 0) is 11.6 Å². The number of amides is 1. The molecule has 7 heteroatoms. The smallest absolute Gasteiger partial charge is 0.269 e. The van der Waals surface area contributed by atoms with Crippen LogP contribution in [0.15, 0.2) is 47.3 Å². The quantitative estimate of drug-likeness (QED) is 0.638. The number of piperazine rings is 1. The second-order valence-electron chi connectivity index (χ2n) is 5.50. The minimum absolute atomic E-state index is 0.00580. The van der Waals surface area contributed by atoms with Crippen LogP contribution in [-0.4, -0.2) is 46.8 Å². The van der Waals surface area contributed by atoms with Crippen molar-refractivity contribution in [3.63, 3.8) is 0 Å². The van der Waals surface area contributed by atoms with Gasteiger partial charge in [0.1, 0.15) is 6.26 Å². The topological polar surface area (TPSA) is 79.8 Å². The zero-order chi connectivity index (χ0) is 16.2. The molecule has 3 rings (SSSR count). The lowest BCUT2D eigenvalue weighted by molar-refractivity contribution is -0.384. The van der Waals surface area contributed by atoms with Crippen LogP contribution < -0.4 is 0 Å². The van der Waals surface area contributed by atoms with Crippen LogP contribution in [0, 0.1) is 10.1 Å². The van der Waals surface area contributed by atoms with Crippen molar-refractivity contribution in [2.24, 2.45) is 0 Å². The van der Waals surface area contributed by atoms with Gasteiger partial charge in [0, 0.05) is 44.9 Å². The maximum absolute atomic E-state index is 12.2. The molecule has 0 atom stereocenters. The molecule has 1 saturated heterocycles. The molecule has 7 nitrogen and oxygen atoms in total. The van der Waals surface area contributed by atoms with Crippen LogP contribution in [0.25, 0.3) is 0 Å². The number of nitro benzene ring substituents is 1. The highest BCUT2D eigenvalue weighted by molar-refractivity contribution is 5.93. The average Bonchev–Trinajstić information content (AvgIpc) is 3.10. The third-order valence-electron chi connectivity index (χ3n) is 3.98. The lowest BCUT2D eigenvalue weighted by Gasteiger charge is -2.34. The maximum Gasteiger partial charge on any atom is 0.269 e. The Labute approximate surface area is 133 Å². The summed E-state index contributed by atoms with van der Waals surface area (Å²) < 4.78 is 4.95. The van der Waals surface area contributed by atoms with Crippen molar-refractivity contribution in [3.8, 4) is 0 Å². The fourth-order valence-electron chi connectivity index (χ4n) is 2.66. The summed E-state index contributed by atoms with van der Waals surface area (Å²) in [6.07, 6.45) is 2.96. The number of hydrogen-bond donors (Lipinski definition) is 0. The Morgan fingerprint density at radius 3 is 2.39 bits per heavy atom. The summed E-state index contributed by atoms with van der Waals surface area (Å²) in [7, 11) is 0. The summed E-state index contributed by atoms with van der Waals surface area (Å²) >= 11 is 0. The number of carbonyl (C=O) groups excluding carboxylic acids is 1. The Balaban J connectivity index is 1.53. The van der Waals surface area contributed by atoms with E-state index in [1.165, 1.54) is 24.7 Å². The summed E-state index contributed by atoms with van der Waals surface area (Å²) in [6.45, 7) is 3.61. The third kappa shape index (κ3) is 3.57. The van der Waals surface area contributed by atoms with Crippen molar-refractivity contribution in [1.82, 2.24) is 9.80 Å². The highest BCUT2D eigenvalue weighted by atomic mass is 16.6. The van der Waals surface area contributed by atoms with Crippen LogP contribution in [0.3, 0.4) is 0 Å². The summed E-state index contributed by atoms with van der Waals surface area (Å²) in [4.78, 5) is 26.5. The number of nitrogens with zero attached hydrogens (tertiary/aromatic N) is 3. The van der Waals surface area contributed by atoms with Crippen LogP contribution >= 0.6 is 0 Å². The Kier molecular flexibility index (Phi) is 4.38. The molecular formula is C16H17N3O4. The molecule has 0 aliphatic carbocycles. The minimum atomic E-state index is -0.399. The zero-order valence-electron chi connectivity index (χ0n) is 12.6. The molecule has 1 aliphatic rings. The van der Waals surface area contributed by atoms with Crippen molar-refractivity contribution in [2.45, 2.75) is 6.54 Å². The van der Waals surface area contributed by atoms with E-state index in [4.69, 9.17) is 4.42 Å². The molecule has 0 N–H and O–H groups in total. The molecule has 2 heterocycles.